The summed E-state index contributed by atoms with van der Waals surface area (Å²) in [5.74, 6) is -0.885. The summed E-state index contributed by atoms with van der Waals surface area (Å²) in [4.78, 5) is 32.1. The van der Waals surface area contributed by atoms with Gasteiger partial charge in [0, 0.05) is 64.0 Å². The number of benzene rings is 2. The molecule has 0 aromatic heterocycles. The first-order valence-corrected chi connectivity index (χ1v) is 19.8. The van der Waals surface area contributed by atoms with Crippen LogP contribution in [0.25, 0.3) is 6.08 Å². The molecule has 2 aromatic carbocycles. The highest BCUT2D eigenvalue weighted by Gasteiger charge is 2.31. The van der Waals surface area contributed by atoms with Crippen molar-refractivity contribution in [3.63, 3.8) is 0 Å². The molecule has 0 unspecified atom stereocenters. The molecule has 3 aliphatic heterocycles. The van der Waals surface area contributed by atoms with Gasteiger partial charge in [-0.05, 0) is 92.4 Å². The number of carbonyl (C=O) groups is 2. The van der Waals surface area contributed by atoms with E-state index in [2.05, 4.69) is 4.90 Å². The molecular formula is C39H53FN4O8S. The number of rotatable bonds is 7. The number of amides is 1. The molecule has 0 saturated carbocycles. The topological polar surface area (TPSA) is 129 Å². The van der Waals surface area contributed by atoms with Crippen LogP contribution in [0, 0.1) is 17.7 Å². The van der Waals surface area contributed by atoms with E-state index >= 15 is 4.39 Å². The Hall–Kier alpha value is -3.98. The first-order valence-electron chi connectivity index (χ1n) is 18.3. The SMILES string of the molecule is COc1ccc(S(=O)(=O)N2CCN(c3cc(F)cc(/C=C(\C)[C@H]4OC(=O)C[C@@H](O)CC[C@@H](C)[C@@H](OC(=O)N5CCN(C)CC5)/C=C/[C@@H]4C)c3)CC2)cc1. The van der Waals surface area contributed by atoms with E-state index in [9.17, 15) is 23.1 Å². The molecule has 290 valence electrons. The molecule has 53 heavy (non-hydrogen) atoms. The fourth-order valence-electron chi connectivity index (χ4n) is 6.92. The van der Waals surface area contributed by atoms with Gasteiger partial charge in [-0.2, -0.15) is 4.31 Å². The van der Waals surface area contributed by atoms with Crippen LogP contribution in [0.5, 0.6) is 5.75 Å². The molecule has 1 amide bonds. The number of carbonyl (C=O) groups excluding carboxylic acids is 2. The van der Waals surface area contributed by atoms with Gasteiger partial charge in [-0.15, -0.1) is 0 Å². The number of cyclic esters (lactones) is 1. The van der Waals surface area contributed by atoms with Gasteiger partial charge in [0.25, 0.3) is 0 Å². The zero-order valence-corrected chi connectivity index (χ0v) is 32.1. The van der Waals surface area contributed by atoms with Gasteiger partial charge in [0.1, 0.15) is 23.8 Å². The Bertz CT molecular complexity index is 1740. The van der Waals surface area contributed by atoms with Crippen molar-refractivity contribution in [2.45, 2.75) is 63.2 Å². The molecule has 2 fully saturated rings. The molecule has 2 aromatic rings. The number of hydrogen-bond acceptors (Lipinski definition) is 10. The van der Waals surface area contributed by atoms with Gasteiger partial charge in [-0.1, -0.05) is 26.0 Å². The second-order valence-corrected chi connectivity index (χ2v) is 16.3. The van der Waals surface area contributed by atoms with Gasteiger partial charge in [0.15, 0.2) is 0 Å². The average Bonchev–Trinajstić information content (AvgIpc) is 3.14. The number of piperazine rings is 2. The highest BCUT2D eigenvalue weighted by molar-refractivity contribution is 7.89. The molecule has 5 rings (SSSR count). The summed E-state index contributed by atoms with van der Waals surface area (Å²) >= 11 is 0. The van der Waals surface area contributed by atoms with Crippen molar-refractivity contribution in [2.24, 2.45) is 11.8 Å². The van der Waals surface area contributed by atoms with E-state index in [1.807, 2.05) is 50.9 Å². The number of nitrogens with zero attached hydrogens (tertiary/aromatic N) is 4. The van der Waals surface area contributed by atoms with E-state index in [4.69, 9.17) is 14.2 Å². The van der Waals surface area contributed by atoms with E-state index < -0.39 is 40.1 Å². The Morgan fingerprint density at radius 2 is 1.64 bits per heavy atom. The number of anilines is 1. The Labute approximate surface area is 312 Å². The minimum absolute atomic E-state index is 0.106. The number of hydrogen-bond donors (Lipinski definition) is 1. The third-order valence-electron chi connectivity index (χ3n) is 10.3. The molecule has 12 nitrogen and oxygen atoms in total. The lowest BCUT2D eigenvalue weighted by Crippen LogP contribution is -2.48. The van der Waals surface area contributed by atoms with Crippen molar-refractivity contribution in [3.8, 4) is 5.75 Å². The third kappa shape index (κ3) is 10.6. The lowest BCUT2D eigenvalue weighted by Gasteiger charge is -2.35. The van der Waals surface area contributed by atoms with Crippen LogP contribution in [-0.4, -0.2) is 125 Å². The molecule has 14 heteroatoms. The second-order valence-electron chi connectivity index (χ2n) is 14.4. The number of halogens is 1. The number of likely N-dealkylation sites (N-methyl/N-ethyl adjacent to an activating group) is 1. The zero-order chi connectivity index (χ0) is 38.3. The molecule has 1 N–H and O–H groups in total. The molecule has 0 radical (unpaired) electrons. The maximum Gasteiger partial charge on any atom is 0.410 e. The van der Waals surface area contributed by atoms with Crippen molar-refractivity contribution in [3.05, 3.63) is 71.6 Å². The Balaban J connectivity index is 1.31. The van der Waals surface area contributed by atoms with Crippen molar-refractivity contribution >= 4 is 33.8 Å². The molecule has 3 aliphatic rings. The lowest BCUT2D eigenvalue weighted by atomic mass is 9.91. The molecule has 0 aliphatic carbocycles. The zero-order valence-electron chi connectivity index (χ0n) is 31.3. The lowest BCUT2D eigenvalue weighted by molar-refractivity contribution is -0.151. The fourth-order valence-corrected chi connectivity index (χ4v) is 8.34. The van der Waals surface area contributed by atoms with E-state index in [0.29, 0.717) is 61.6 Å². The van der Waals surface area contributed by atoms with E-state index in [0.717, 1.165) is 13.1 Å². The van der Waals surface area contributed by atoms with Gasteiger partial charge >= 0.3 is 12.1 Å². The third-order valence-corrected chi connectivity index (χ3v) is 12.2. The van der Waals surface area contributed by atoms with Gasteiger partial charge < -0.3 is 34.0 Å². The summed E-state index contributed by atoms with van der Waals surface area (Å²) in [6.07, 6.45) is 3.64. The highest BCUT2D eigenvalue weighted by Crippen LogP contribution is 2.29. The predicted molar refractivity (Wildman–Crippen MR) is 201 cm³/mol. The van der Waals surface area contributed by atoms with Crippen molar-refractivity contribution in [1.82, 2.24) is 14.1 Å². The number of ether oxygens (including phenoxy) is 3. The minimum Gasteiger partial charge on any atom is -0.497 e. The van der Waals surface area contributed by atoms with Crippen LogP contribution in [0.4, 0.5) is 14.9 Å². The number of esters is 1. The van der Waals surface area contributed by atoms with Crippen LogP contribution >= 0.6 is 0 Å². The summed E-state index contributed by atoms with van der Waals surface area (Å²) in [6, 6.07) is 10.9. The molecular weight excluding hydrogens is 704 g/mol. The van der Waals surface area contributed by atoms with Crippen LogP contribution in [0.3, 0.4) is 0 Å². The first kappa shape index (κ1) is 40.2. The number of methoxy groups -OCH3 is 1. The summed E-state index contributed by atoms with van der Waals surface area (Å²) in [7, 11) is -0.171. The molecule has 2 saturated heterocycles. The van der Waals surface area contributed by atoms with E-state index in [1.54, 1.807) is 23.1 Å². The van der Waals surface area contributed by atoms with Crippen LogP contribution in [0.2, 0.25) is 0 Å². The minimum atomic E-state index is -3.71. The van der Waals surface area contributed by atoms with Gasteiger partial charge in [0.05, 0.1) is 24.5 Å². The molecule has 0 spiro atoms. The Morgan fingerprint density at radius 1 is 0.962 bits per heavy atom. The Kier molecular flexibility index (Phi) is 13.6. The van der Waals surface area contributed by atoms with Crippen LogP contribution in [0.15, 0.2) is 65.1 Å². The van der Waals surface area contributed by atoms with Gasteiger partial charge in [-0.3, -0.25) is 4.79 Å². The molecule has 5 atom stereocenters. The highest BCUT2D eigenvalue weighted by atomic mass is 32.2. The monoisotopic (exact) mass is 756 g/mol. The van der Waals surface area contributed by atoms with Crippen molar-refractivity contribution in [1.29, 1.82) is 0 Å². The second kappa shape index (κ2) is 17.9. The molecule has 3 heterocycles. The fraction of sp³-hybridized carbons (Fsp3) is 0.538. The maximum atomic E-state index is 15.1. The summed E-state index contributed by atoms with van der Waals surface area (Å²) in [6.45, 7) is 9.58. The average molecular weight is 757 g/mol. The smallest absolute Gasteiger partial charge is 0.410 e. The normalized spacial score (nSPS) is 26.6. The predicted octanol–water partition coefficient (Wildman–Crippen LogP) is 4.79. The van der Waals surface area contributed by atoms with E-state index in [1.165, 1.54) is 35.7 Å². The number of sulfonamides is 1. The quantitative estimate of drug-likeness (QED) is 0.311. The van der Waals surface area contributed by atoms with E-state index in [-0.39, 0.29) is 42.3 Å². The number of aliphatic hydroxyl groups is 1. The van der Waals surface area contributed by atoms with Crippen LogP contribution in [0.1, 0.15) is 45.6 Å². The van der Waals surface area contributed by atoms with Crippen molar-refractivity contribution < 1.29 is 41.7 Å². The van der Waals surface area contributed by atoms with Crippen molar-refractivity contribution in [2.75, 3.05) is 71.4 Å². The number of aliphatic hydroxyl groups excluding tert-OH is 1. The largest absolute Gasteiger partial charge is 0.497 e. The molecule has 0 bridgehead atoms. The van der Waals surface area contributed by atoms with Gasteiger partial charge in [-0.25, -0.2) is 17.6 Å². The first-order chi connectivity index (χ1) is 25.2. The summed E-state index contributed by atoms with van der Waals surface area (Å²) < 4.78 is 60.2. The van der Waals surface area contributed by atoms with Gasteiger partial charge in [0.2, 0.25) is 10.0 Å². The summed E-state index contributed by atoms with van der Waals surface area (Å²) in [5, 5.41) is 10.7. The van der Waals surface area contributed by atoms with Crippen LogP contribution in [-0.2, 0) is 24.3 Å². The summed E-state index contributed by atoms with van der Waals surface area (Å²) in [5.41, 5.74) is 1.82. The van der Waals surface area contributed by atoms with Crippen LogP contribution < -0.4 is 9.64 Å². The Morgan fingerprint density at radius 3 is 2.30 bits per heavy atom. The maximum absolute atomic E-state index is 15.1. The standard InChI is InChI=1S/C39H53FN4O8S/c1-27-6-8-33(45)26-37(46)52-38(28(2)7-13-36(27)51-39(47)43-16-14-41(4)15-17-43)29(3)22-30-23-31(40)25-32(24-30)42-18-20-44(21-19-42)53(48,49)35-11-9-34(50-5)10-12-35/h7,9-13,22-25,27-28,33,36,38,45H,6,8,14-21,26H2,1-5H3/b13-7+,29-22+/t27-,28+,33+,36+,38+/m1/s1.